The molecule has 0 bridgehead atoms. The summed E-state index contributed by atoms with van der Waals surface area (Å²) in [5.41, 5.74) is 3.95. The molecular formula is C20H18N2O2. The first-order valence-corrected chi connectivity index (χ1v) is 8.26. The minimum Gasteiger partial charge on any atom is -0.360 e. The Hall–Kier alpha value is -2.88. The molecule has 1 amide bonds. The lowest BCUT2D eigenvalue weighted by Crippen LogP contribution is -2.23. The lowest BCUT2D eigenvalue weighted by molar-refractivity contribution is 0.102. The molecule has 0 saturated carbocycles. The molecular weight excluding hydrogens is 300 g/mol. The third kappa shape index (κ3) is 2.50. The largest absolute Gasteiger partial charge is 0.360 e. The number of nitrogens with one attached hydrogen (secondary N) is 2. The summed E-state index contributed by atoms with van der Waals surface area (Å²) in [4.78, 5) is 28.2. The summed E-state index contributed by atoms with van der Waals surface area (Å²) in [5.74, 6) is -0.360. The van der Waals surface area contributed by atoms with Gasteiger partial charge in [0.2, 0.25) is 5.43 Å². The van der Waals surface area contributed by atoms with Crippen LogP contribution in [0.25, 0.3) is 10.9 Å². The molecule has 3 aromatic rings. The maximum Gasteiger partial charge on any atom is 0.261 e. The Morgan fingerprint density at radius 2 is 1.83 bits per heavy atom. The van der Waals surface area contributed by atoms with Crippen molar-refractivity contribution < 1.29 is 4.79 Å². The molecule has 0 saturated heterocycles. The number of benzene rings is 2. The first-order valence-electron chi connectivity index (χ1n) is 8.26. The number of fused-ring (bicyclic) bond motifs is 2. The zero-order valence-electron chi connectivity index (χ0n) is 13.3. The fourth-order valence-electron chi connectivity index (χ4n) is 3.42. The Morgan fingerprint density at radius 1 is 1.00 bits per heavy atom. The van der Waals surface area contributed by atoms with Crippen LogP contribution in [0.1, 0.15) is 34.3 Å². The van der Waals surface area contributed by atoms with E-state index in [1.54, 1.807) is 12.1 Å². The van der Waals surface area contributed by atoms with Crippen LogP contribution < -0.4 is 10.7 Å². The summed E-state index contributed by atoms with van der Waals surface area (Å²) in [6, 6.07) is 13.2. The molecule has 0 radical (unpaired) electrons. The normalized spacial score (nSPS) is 13.5. The number of para-hydroxylation sites is 1. The quantitative estimate of drug-likeness (QED) is 0.757. The van der Waals surface area contributed by atoms with Crippen molar-refractivity contribution in [3.8, 4) is 0 Å². The van der Waals surface area contributed by atoms with Gasteiger partial charge in [0, 0.05) is 22.8 Å². The van der Waals surface area contributed by atoms with Crippen molar-refractivity contribution in [2.45, 2.75) is 25.7 Å². The number of pyridine rings is 1. The second-order valence-electron chi connectivity index (χ2n) is 6.18. The van der Waals surface area contributed by atoms with Crippen molar-refractivity contribution in [2.75, 3.05) is 5.32 Å². The van der Waals surface area contributed by atoms with E-state index < -0.39 is 0 Å². The first kappa shape index (κ1) is 14.7. The first-order chi connectivity index (χ1) is 11.7. The van der Waals surface area contributed by atoms with Gasteiger partial charge in [0.15, 0.2) is 0 Å². The number of rotatable bonds is 2. The van der Waals surface area contributed by atoms with Crippen LogP contribution in [0.15, 0.2) is 53.5 Å². The molecule has 1 aliphatic carbocycles. The van der Waals surface area contributed by atoms with Crippen molar-refractivity contribution in [1.82, 2.24) is 4.98 Å². The molecule has 0 atom stereocenters. The molecule has 4 heteroatoms. The molecule has 24 heavy (non-hydrogen) atoms. The van der Waals surface area contributed by atoms with E-state index in [0.717, 1.165) is 30.5 Å². The molecule has 1 aliphatic rings. The van der Waals surface area contributed by atoms with Gasteiger partial charge in [-0.3, -0.25) is 9.59 Å². The number of amides is 1. The van der Waals surface area contributed by atoms with E-state index in [1.807, 2.05) is 24.3 Å². The van der Waals surface area contributed by atoms with E-state index in [2.05, 4.69) is 16.4 Å². The molecule has 1 heterocycles. The third-order valence-electron chi connectivity index (χ3n) is 4.68. The average molecular weight is 318 g/mol. The predicted molar refractivity (Wildman–Crippen MR) is 95.6 cm³/mol. The van der Waals surface area contributed by atoms with Crippen LogP contribution in [-0.2, 0) is 12.8 Å². The predicted octanol–water partition coefficient (Wildman–Crippen LogP) is 3.66. The highest BCUT2D eigenvalue weighted by Gasteiger charge is 2.17. The number of anilines is 1. The number of H-pyrrole nitrogens is 1. The molecule has 2 N–H and O–H groups in total. The third-order valence-corrected chi connectivity index (χ3v) is 4.68. The van der Waals surface area contributed by atoms with Gasteiger partial charge in [-0.25, -0.2) is 0 Å². The van der Waals surface area contributed by atoms with Gasteiger partial charge >= 0.3 is 0 Å². The molecule has 4 nitrogen and oxygen atoms in total. The Labute approximate surface area is 139 Å². The molecule has 4 rings (SSSR count). The second kappa shape index (κ2) is 5.96. The number of aromatic nitrogens is 1. The molecule has 2 aromatic carbocycles. The number of hydrogen-bond acceptors (Lipinski definition) is 2. The summed E-state index contributed by atoms with van der Waals surface area (Å²) < 4.78 is 0. The van der Waals surface area contributed by atoms with Crippen LogP contribution in [0.3, 0.4) is 0 Å². The van der Waals surface area contributed by atoms with Crippen LogP contribution in [0, 0.1) is 0 Å². The van der Waals surface area contributed by atoms with Gasteiger partial charge in [-0.2, -0.15) is 0 Å². The maximum absolute atomic E-state index is 12.6. The SMILES string of the molecule is O=C(Nc1cccc2c1CCCC2)c1c[nH]c2ccccc2c1=O. The Kier molecular flexibility index (Phi) is 3.65. The van der Waals surface area contributed by atoms with Crippen LogP contribution in [0.2, 0.25) is 0 Å². The summed E-state index contributed by atoms with van der Waals surface area (Å²) in [5, 5.41) is 3.46. The van der Waals surface area contributed by atoms with Gasteiger partial charge in [-0.15, -0.1) is 0 Å². The van der Waals surface area contributed by atoms with Crippen molar-refractivity contribution in [3.05, 3.63) is 75.6 Å². The van der Waals surface area contributed by atoms with Gasteiger partial charge < -0.3 is 10.3 Å². The van der Waals surface area contributed by atoms with Crippen molar-refractivity contribution in [1.29, 1.82) is 0 Å². The highest BCUT2D eigenvalue weighted by Crippen LogP contribution is 2.28. The molecule has 0 spiro atoms. The summed E-state index contributed by atoms with van der Waals surface area (Å²) >= 11 is 0. The van der Waals surface area contributed by atoms with E-state index in [-0.39, 0.29) is 16.9 Å². The van der Waals surface area contributed by atoms with Crippen LogP contribution in [0.5, 0.6) is 0 Å². The minimum absolute atomic E-state index is 0.141. The second-order valence-corrected chi connectivity index (χ2v) is 6.18. The smallest absolute Gasteiger partial charge is 0.261 e. The van der Waals surface area contributed by atoms with Crippen molar-refractivity contribution >= 4 is 22.5 Å². The highest BCUT2D eigenvalue weighted by molar-refractivity contribution is 6.06. The van der Waals surface area contributed by atoms with E-state index >= 15 is 0 Å². The van der Waals surface area contributed by atoms with Gasteiger partial charge in [0.25, 0.3) is 5.91 Å². The number of carbonyl (C=O) groups is 1. The van der Waals surface area contributed by atoms with E-state index in [9.17, 15) is 9.59 Å². The number of aryl methyl sites for hydroxylation is 1. The molecule has 1 aromatic heterocycles. The Morgan fingerprint density at radius 3 is 2.75 bits per heavy atom. The summed E-state index contributed by atoms with van der Waals surface area (Å²) in [7, 11) is 0. The molecule has 0 fully saturated rings. The van der Waals surface area contributed by atoms with Gasteiger partial charge in [0.1, 0.15) is 5.56 Å². The van der Waals surface area contributed by atoms with E-state index in [4.69, 9.17) is 0 Å². The molecule has 120 valence electrons. The summed E-state index contributed by atoms with van der Waals surface area (Å²) in [6.45, 7) is 0. The highest BCUT2D eigenvalue weighted by atomic mass is 16.2. The lowest BCUT2D eigenvalue weighted by Gasteiger charge is -2.19. The van der Waals surface area contributed by atoms with E-state index in [1.165, 1.54) is 23.7 Å². The van der Waals surface area contributed by atoms with Crippen molar-refractivity contribution in [2.24, 2.45) is 0 Å². The van der Waals surface area contributed by atoms with Gasteiger partial charge in [-0.1, -0.05) is 24.3 Å². The van der Waals surface area contributed by atoms with Crippen LogP contribution >= 0.6 is 0 Å². The van der Waals surface area contributed by atoms with Crippen molar-refractivity contribution in [3.63, 3.8) is 0 Å². The number of carbonyl (C=O) groups excluding carboxylic acids is 1. The fourth-order valence-corrected chi connectivity index (χ4v) is 3.42. The standard InChI is InChI=1S/C20H18N2O2/c23-19-15-9-3-4-10-17(15)21-12-16(19)20(24)22-18-11-5-7-13-6-1-2-8-14(13)18/h3-5,7,9-12H,1-2,6,8H2,(H,21,23)(H,22,24). The number of aromatic amines is 1. The van der Waals surface area contributed by atoms with Gasteiger partial charge in [0.05, 0.1) is 0 Å². The zero-order valence-corrected chi connectivity index (χ0v) is 13.3. The fraction of sp³-hybridized carbons (Fsp3) is 0.200. The van der Waals surface area contributed by atoms with Gasteiger partial charge in [-0.05, 0) is 55.0 Å². The average Bonchev–Trinajstić information content (AvgIpc) is 2.62. The van der Waals surface area contributed by atoms with Crippen LogP contribution in [-0.4, -0.2) is 10.9 Å². The topological polar surface area (TPSA) is 62.0 Å². The zero-order chi connectivity index (χ0) is 16.5. The monoisotopic (exact) mass is 318 g/mol. The Balaban J connectivity index is 1.71. The van der Waals surface area contributed by atoms with Crippen LogP contribution in [0.4, 0.5) is 5.69 Å². The minimum atomic E-state index is -0.360. The number of hydrogen-bond donors (Lipinski definition) is 2. The lowest BCUT2D eigenvalue weighted by atomic mass is 9.90. The summed E-state index contributed by atoms with van der Waals surface area (Å²) in [6.07, 6.45) is 5.84. The van der Waals surface area contributed by atoms with E-state index in [0.29, 0.717) is 5.39 Å². The Bertz CT molecular complexity index is 988. The maximum atomic E-state index is 12.6. The molecule has 0 unspecified atom stereocenters. The molecule has 0 aliphatic heterocycles.